The zero-order valence-corrected chi connectivity index (χ0v) is 23.5. The minimum absolute atomic E-state index is 0.00137. The number of carbonyl (C=O) groups excluding carboxylic acids is 1. The number of thiophene rings is 1. The second-order valence-corrected chi connectivity index (χ2v) is 12.5. The van der Waals surface area contributed by atoms with Crippen molar-refractivity contribution < 1.29 is 4.79 Å². The van der Waals surface area contributed by atoms with Crippen LogP contribution in [0.1, 0.15) is 63.8 Å². The highest BCUT2D eigenvalue weighted by Crippen LogP contribution is 2.35. The number of halogens is 3. The van der Waals surface area contributed by atoms with Gasteiger partial charge in [-0.25, -0.2) is 0 Å². The second-order valence-electron chi connectivity index (χ2n) is 10.0. The largest absolute Gasteiger partial charge is 0.382 e. The molecule has 1 saturated carbocycles. The number of amides is 1. The van der Waals surface area contributed by atoms with Crippen molar-refractivity contribution in [3.8, 4) is 0 Å². The lowest BCUT2D eigenvalue weighted by molar-refractivity contribution is 0.0747. The number of nitrogens with one attached hydrogen (secondary N) is 1. The molecule has 36 heavy (non-hydrogen) atoms. The third kappa shape index (κ3) is 6.22. The maximum absolute atomic E-state index is 14.0. The fourth-order valence-electron chi connectivity index (χ4n) is 4.90. The molecule has 5 rings (SSSR count). The SMILES string of the molecule is CCC1CCc2cc(CN(CCc3ccc(Cl)c(Cl)c3)C(=O)c3cc(Cl)ccc3NC3CC3)sc2C1. The number of carbonyl (C=O) groups is 1. The lowest BCUT2D eigenvalue weighted by Crippen LogP contribution is -2.33. The van der Waals surface area contributed by atoms with Gasteiger partial charge in [0.1, 0.15) is 0 Å². The summed E-state index contributed by atoms with van der Waals surface area (Å²) in [4.78, 5) is 18.7. The fraction of sp³-hybridized carbons (Fsp3) is 0.414. The predicted molar refractivity (Wildman–Crippen MR) is 153 cm³/mol. The first-order chi connectivity index (χ1) is 17.4. The van der Waals surface area contributed by atoms with Gasteiger partial charge in [0.25, 0.3) is 5.91 Å². The maximum Gasteiger partial charge on any atom is 0.256 e. The third-order valence-electron chi connectivity index (χ3n) is 7.26. The molecule has 7 heteroatoms. The van der Waals surface area contributed by atoms with E-state index >= 15 is 0 Å². The Kier molecular flexibility index (Phi) is 8.17. The second kappa shape index (κ2) is 11.3. The molecule has 1 unspecified atom stereocenters. The molecule has 1 N–H and O–H groups in total. The number of aryl methyl sites for hydroxylation is 1. The van der Waals surface area contributed by atoms with Crippen molar-refractivity contribution in [3.63, 3.8) is 0 Å². The zero-order valence-electron chi connectivity index (χ0n) is 20.5. The van der Waals surface area contributed by atoms with Gasteiger partial charge in [-0.3, -0.25) is 4.79 Å². The van der Waals surface area contributed by atoms with E-state index in [0.29, 0.717) is 46.2 Å². The van der Waals surface area contributed by atoms with Gasteiger partial charge in [0, 0.05) is 33.1 Å². The molecule has 0 saturated heterocycles. The molecular weight excluding hydrogens is 531 g/mol. The quantitative estimate of drug-likeness (QED) is 0.283. The molecule has 0 radical (unpaired) electrons. The number of benzene rings is 2. The summed E-state index contributed by atoms with van der Waals surface area (Å²) in [5.74, 6) is 0.775. The van der Waals surface area contributed by atoms with Crippen molar-refractivity contribution in [2.75, 3.05) is 11.9 Å². The van der Waals surface area contributed by atoms with Gasteiger partial charge in [0.15, 0.2) is 0 Å². The van der Waals surface area contributed by atoms with E-state index in [1.807, 2.05) is 46.6 Å². The minimum Gasteiger partial charge on any atom is -0.382 e. The summed E-state index contributed by atoms with van der Waals surface area (Å²) in [7, 11) is 0. The monoisotopic (exact) mass is 560 g/mol. The Hall–Kier alpha value is -1.72. The van der Waals surface area contributed by atoms with Crippen LogP contribution in [0.5, 0.6) is 0 Å². The van der Waals surface area contributed by atoms with E-state index in [-0.39, 0.29) is 5.91 Å². The normalized spacial score (nSPS) is 17.1. The molecule has 3 aromatic rings. The Labute approximate surface area is 232 Å². The summed E-state index contributed by atoms with van der Waals surface area (Å²) in [5, 5.41) is 5.16. The Morgan fingerprint density at radius 2 is 1.89 bits per heavy atom. The van der Waals surface area contributed by atoms with Gasteiger partial charge >= 0.3 is 0 Å². The Morgan fingerprint density at radius 1 is 1.06 bits per heavy atom. The summed E-state index contributed by atoms with van der Waals surface area (Å²) in [6.07, 6.45) is 7.76. The molecule has 2 aliphatic carbocycles. The molecule has 0 aliphatic heterocycles. The summed E-state index contributed by atoms with van der Waals surface area (Å²) in [6, 6.07) is 14.0. The highest BCUT2D eigenvalue weighted by molar-refractivity contribution is 7.12. The molecule has 0 spiro atoms. The molecule has 1 amide bonds. The van der Waals surface area contributed by atoms with E-state index in [1.165, 1.54) is 28.2 Å². The first kappa shape index (κ1) is 25.9. The molecule has 0 bridgehead atoms. The van der Waals surface area contributed by atoms with Crippen LogP contribution in [0.2, 0.25) is 15.1 Å². The van der Waals surface area contributed by atoms with Crippen LogP contribution in [0.15, 0.2) is 42.5 Å². The number of hydrogen-bond donors (Lipinski definition) is 1. The highest BCUT2D eigenvalue weighted by atomic mass is 35.5. The van der Waals surface area contributed by atoms with Crippen molar-refractivity contribution >= 4 is 57.7 Å². The van der Waals surface area contributed by atoms with E-state index in [0.717, 1.165) is 42.9 Å². The van der Waals surface area contributed by atoms with Gasteiger partial charge in [0.05, 0.1) is 22.2 Å². The van der Waals surface area contributed by atoms with Crippen LogP contribution in [0.3, 0.4) is 0 Å². The summed E-state index contributed by atoms with van der Waals surface area (Å²) in [6.45, 7) is 3.45. The number of rotatable bonds is 9. The van der Waals surface area contributed by atoms with Gasteiger partial charge < -0.3 is 10.2 Å². The van der Waals surface area contributed by atoms with Crippen molar-refractivity contribution in [1.82, 2.24) is 4.90 Å². The Bertz CT molecular complexity index is 1250. The maximum atomic E-state index is 14.0. The van der Waals surface area contributed by atoms with Crippen LogP contribution in [0, 0.1) is 5.92 Å². The van der Waals surface area contributed by atoms with Crippen LogP contribution < -0.4 is 5.32 Å². The van der Waals surface area contributed by atoms with Crippen molar-refractivity contribution in [3.05, 3.63) is 84.0 Å². The lowest BCUT2D eigenvalue weighted by Gasteiger charge is -2.24. The molecular formula is C29H31Cl3N2OS. The van der Waals surface area contributed by atoms with Crippen LogP contribution in [0.25, 0.3) is 0 Å². The number of nitrogens with zero attached hydrogens (tertiary/aromatic N) is 1. The van der Waals surface area contributed by atoms with Crippen LogP contribution in [-0.4, -0.2) is 23.4 Å². The molecule has 1 heterocycles. The van der Waals surface area contributed by atoms with Gasteiger partial charge in [0.2, 0.25) is 0 Å². The van der Waals surface area contributed by atoms with Gasteiger partial charge in [-0.15, -0.1) is 11.3 Å². The van der Waals surface area contributed by atoms with E-state index in [2.05, 4.69) is 18.3 Å². The highest BCUT2D eigenvalue weighted by Gasteiger charge is 2.27. The molecule has 2 aliphatic rings. The Balaban J connectivity index is 1.41. The van der Waals surface area contributed by atoms with E-state index in [1.54, 1.807) is 6.07 Å². The first-order valence-corrected chi connectivity index (χ1v) is 14.7. The van der Waals surface area contributed by atoms with E-state index < -0.39 is 0 Å². The Morgan fingerprint density at radius 3 is 2.64 bits per heavy atom. The van der Waals surface area contributed by atoms with Crippen molar-refractivity contribution in [1.29, 1.82) is 0 Å². The van der Waals surface area contributed by atoms with Crippen molar-refractivity contribution in [2.45, 2.75) is 64.5 Å². The van der Waals surface area contributed by atoms with Crippen LogP contribution >= 0.6 is 46.1 Å². The van der Waals surface area contributed by atoms with Crippen LogP contribution in [-0.2, 0) is 25.8 Å². The topological polar surface area (TPSA) is 32.3 Å². The molecule has 190 valence electrons. The molecule has 3 nitrogen and oxygen atoms in total. The van der Waals surface area contributed by atoms with Gasteiger partial charge in [-0.05, 0) is 92.0 Å². The summed E-state index contributed by atoms with van der Waals surface area (Å²) < 4.78 is 0. The zero-order chi connectivity index (χ0) is 25.2. The molecule has 1 aromatic heterocycles. The fourth-order valence-corrected chi connectivity index (χ4v) is 6.74. The average molecular weight is 562 g/mol. The van der Waals surface area contributed by atoms with E-state index in [9.17, 15) is 4.79 Å². The molecule has 1 fully saturated rings. The van der Waals surface area contributed by atoms with Gasteiger partial charge in [-0.2, -0.15) is 0 Å². The number of hydrogen-bond acceptors (Lipinski definition) is 3. The van der Waals surface area contributed by atoms with Gasteiger partial charge in [-0.1, -0.05) is 54.2 Å². The predicted octanol–water partition coefficient (Wildman–Crippen LogP) is 8.68. The number of fused-ring (bicyclic) bond motifs is 1. The summed E-state index contributed by atoms with van der Waals surface area (Å²) in [5.41, 5.74) is 4.02. The standard InChI is InChI=1S/C29H31Cl3N2OS/c1-2-18-3-5-20-15-23(36-28(20)14-18)17-34(12-11-19-4-9-25(31)26(32)13-19)29(35)24-16-21(30)6-10-27(24)33-22-7-8-22/h4,6,9-10,13,15-16,18,22,33H,2-3,5,7-8,11-12,14,17H2,1H3. The lowest BCUT2D eigenvalue weighted by atomic mass is 9.87. The molecule has 2 aromatic carbocycles. The number of anilines is 1. The average Bonchev–Trinajstić information content (AvgIpc) is 3.60. The first-order valence-electron chi connectivity index (χ1n) is 12.8. The third-order valence-corrected chi connectivity index (χ3v) is 9.42. The smallest absolute Gasteiger partial charge is 0.256 e. The minimum atomic E-state index is -0.00137. The molecule has 1 atom stereocenters. The van der Waals surface area contributed by atoms with Crippen molar-refractivity contribution in [2.24, 2.45) is 5.92 Å². The van der Waals surface area contributed by atoms with Crippen LogP contribution in [0.4, 0.5) is 5.69 Å². The van der Waals surface area contributed by atoms with E-state index in [4.69, 9.17) is 34.8 Å². The summed E-state index contributed by atoms with van der Waals surface area (Å²) >= 11 is 20.6.